The van der Waals surface area contributed by atoms with Crippen LogP contribution in [-0.4, -0.2) is 12.6 Å². The van der Waals surface area contributed by atoms with Gasteiger partial charge < -0.3 is 10.1 Å². The molecule has 0 spiro atoms. The van der Waals surface area contributed by atoms with Crippen LogP contribution in [0.5, 0.6) is 5.75 Å². The summed E-state index contributed by atoms with van der Waals surface area (Å²) in [7, 11) is 0. The van der Waals surface area contributed by atoms with E-state index in [0.717, 1.165) is 18.7 Å². The van der Waals surface area contributed by atoms with Crippen LogP contribution >= 0.6 is 0 Å². The van der Waals surface area contributed by atoms with Gasteiger partial charge in [-0.05, 0) is 62.1 Å². The summed E-state index contributed by atoms with van der Waals surface area (Å²) in [6.07, 6.45) is 1.18. The van der Waals surface area contributed by atoms with Crippen molar-refractivity contribution < 1.29 is 4.74 Å². The number of nitrogens with one attached hydrogen (secondary N) is 1. The van der Waals surface area contributed by atoms with Crippen molar-refractivity contribution in [2.75, 3.05) is 11.9 Å². The van der Waals surface area contributed by atoms with Crippen molar-refractivity contribution >= 4 is 5.69 Å². The number of benzene rings is 2. The second kappa shape index (κ2) is 7.16. The Hall–Kier alpha value is -1.96. The third-order valence-electron chi connectivity index (χ3n) is 3.64. The lowest BCUT2D eigenvalue weighted by Gasteiger charge is -2.17. The lowest BCUT2D eigenvalue weighted by atomic mass is 10.1. The average molecular weight is 283 g/mol. The molecule has 21 heavy (non-hydrogen) atoms. The van der Waals surface area contributed by atoms with Crippen molar-refractivity contribution in [2.24, 2.45) is 0 Å². The van der Waals surface area contributed by atoms with Crippen LogP contribution in [0.1, 0.15) is 30.5 Å². The molecule has 0 aliphatic carbocycles. The van der Waals surface area contributed by atoms with Gasteiger partial charge in [0.15, 0.2) is 0 Å². The van der Waals surface area contributed by atoms with Crippen molar-refractivity contribution in [2.45, 2.75) is 40.2 Å². The van der Waals surface area contributed by atoms with Crippen LogP contribution < -0.4 is 10.1 Å². The van der Waals surface area contributed by atoms with Crippen molar-refractivity contribution in [1.82, 2.24) is 0 Å². The van der Waals surface area contributed by atoms with E-state index in [1.165, 1.54) is 22.4 Å². The monoisotopic (exact) mass is 283 g/mol. The minimum atomic E-state index is 0.123. The number of rotatable bonds is 6. The molecule has 2 heteroatoms. The first kappa shape index (κ1) is 15.4. The first-order chi connectivity index (χ1) is 10.1. The van der Waals surface area contributed by atoms with Crippen LogP contribution in [-0.2, 0) is 6.42 Å². The molecular formula is C19H25NO. The number of ether oxygens (including phenoxy) is 1. The molecule has 0 aromatic heterocycles. The van der Waals surface area contributed by atoms with E-state index in [1.807, 2.05) is 12.1 Å². The molecular weight excluding hydrogens is 258 g/mol. The van der Waals surface area contributed by atoms with Crippen molar-refractivity contribution in [3.63, 3.8) is 0 Å². The molecule has 0 aliphatic rings. The summed E-state index contributed by atoms with van der Waals surface area (Å²) in [5, 5.41) is 3.47. The van der Waals surface area contributed by atoms with Crippen molar-refractivity contribution in [1.29, 1.82) is 0 Å². The van der Waals surface area contributed by atoms with Gasteiger partial charge in [0.2, 0.25) is 0 Å². The normalized spacial score (nSPS) is 12.0. The Morgan fingerprint density at radius 1 is 1.05 bits per heavy atom. The van der Waals surface area contributed by atoms with Crippen molar-refractivity contribution in [3.05, 3.63) is 59.2 Å². The summed E-state index contributed by atoms with van der Waals surface area (Å²) in [6, 6.07) is 14.8. The third kappa shape index (κ3) is 4.52. The van der Waals surface area contributed by atoms with E-state index in [9.17, 15) is 0 Å². The summed E-state index contributed by atoms with van der Waals surface area (Å²) in [6.45, 7) is 9.27. The predicted octanol–water partition coefficient (Wildman–Crippen LogP) is 4.75. The predicted molar refractivity (Wildman–Crippen MR) is 90.3 cm³/mol. The second-order valence-electron chi connectivity index (χ2n) is 5.63. The van der Waals surface area contributed by atoms with Crippen LogP contribution in [0.15, 0.2) is 42.5 Å². The van der Waals surface area contributed by atoms with E-state index in [-0.39, 0.29) is 6.10 Å². The lowest BCUT2D eigenvalue weighted by Crippen LogP contribution is -2.23. The number of hydrogen-bond acceptors (Lipinski definition) is 2. The summed E-state index contributed by atoms with van der Waals surface area (Å²) in [5.74, 6) is 0.933. The molecule has 0 saturated heterocycles. The molecule has 0 saturated carbocycles. The molecule has 1 atom stereocenters. The highest BCUT2D eigenvalue weighted by molar-refractivity contribution is 5.52. The summed E-state index contributed by atoms with van der Waals surface area (Å²) in [5.41, 5.74) is 5.06. The third-order valence-corrected chi connectivity index (χ3v) is 3.64. The van der Waals surface area contributed by atoms with Gasteiger partial charge in [-0.1, -0.05) is 31.2 Å². The van der Waals surface area contributed by atoms with Crippen molar-refractivity contribution in [3.8, 4) is 5.75 Å². The Morgan fingerprint density at radius 3 is 2.43 bits per heavy atom. The molecule has 0 bridgehead atoms. The molecule has 2 nitrogen and oxygen atoms in total. The number of anilines is 1. The molecule has 1 unspecified atom stereocenters. The van der Waals surface area contributed by atoms with Gasteiger partial charge in [-0.25, -0.2) is 0 Å². The Morgan fingerprint density at radius 2 is 1.76 bits per heavy atom. The van der Waals surface area contributed by atoms with Gasteiger partial charge in [-0.3, -0.25) is 0 Å². The van der Waals surface area contributed by atoms with E-state index >= 15 is 0 Å². The fourth-order valence-electron chi connectivity index (χ4n) is 2.26. The highest BCUT2D eigenvalue weighted by atomic mass is 16.5. The molecule has 0 fully saturated rings. The van der Waals surface area contributed by atoms with Gasteiger partial charge in [0.05, 0.1) is 6.54 Å². The van der Waals surface area contributed by atoms with E-state index in [0.29, 0.717) is 0 Å². The zero-order chi connectivity index (χ0) is 15.2. The zero-order valence-corrected chi connectivity index (χ0v) is 13.4. The van der Waals surface area contributed by atoms with Crippen LogP contribution in [0, 0.1) is 13.8 Å². The summed E-state index contributed by atoms with van der Waals surface area (Å²) in [4.78, 5) is 0. The summed E-state index contributed by atoms with van der Waals surface area (Å²) < 4.78 is 5.94. The minimum Gasteiger partial charge on any atom is -0.489 e. The maximum absolute atomic E-state index is 5.94. The molecule has 112 valence electrons. The second-order valence-corrected chi connectivity index (χ2v) is 5.63. The van der Waals surface area contributed by atoms with Gasteiger partial charge >= 0.3 is 0 Å². The highest BCUT2D eigenvalue weighted by Gasteiger charge is 2.05. The minimum absolute atomic E-state index is 0.123. The quantitative estimate of drug-likeness (QED) is 0.826. The maximum atomic E-state index is 5.94. The van der Waals surface area contributed by atoms with Gasteiger partial charge in [0, 0.05) is 5.69 Å². The maximum Gasteiger partial charge on any atom is 0.119 e. The molecule has 1 N–H and O–H groups in total. The fraction of sp³-hybridized carbons (Fsp3) is 0.368. The largest absolute Gasteiger partial charge is 0.489 e. The van der Waals surface area contributed by atoms with Crippen LogP contribution in [0.4, 0.5) is 5.69 Å². The standard InChI is InChI=1S/C19H25NO/c1-5-17-8-10-18(11-9-17)21-16(4)13-20-19-12-14(2)6-7-15(19)3/h6-12,16,20H,5,13H2,1-4H3. The molecule has 0 amide bonds. The summed E-state index contributed by atoms with van der Waals surface area (Å²) >= 11 is 0. The molecule has 0 aliphatic heterocycles. The average Bonchev–Trinajstić information content (AvgIpc) is 2.49. The zero-order valence-electron chi connectivity index (χ0n) is 13.4. The Kier molecular flexibility index (Phi) is 5.26. The first-order valence-electron chi connectivity index (χ1n) is 7.65. The first-order valence-corrected chi connectivity index (χ1v) is 7.65. The number of aryl methyl sites for hydroxylation is 3. The van der Waals surface area contributed by atoms with Gasteiger partial charge in [0.25, 0.3) is 0 Å². The fourth-order valence-corrected chi connectivity index (χ4v) is 2.26. The van der Waals surface area contributed by atoms with Crippen LogP contribution in [0.25, 0.3) is 0 Å². The highest BCUT2D eigenvalue weighted by Crippen LogP contribution is 2.18. The Bertz CT molecular complexity index is 575. The molecule has 2 aromatic rings. The SMILES string of the molecule is CCc1ccc(OC(C)CNc2cc(C)ccc2C)cc1. The van der Waals surface area contributed by atoms with Gasteiger partial charge in [0.1, 0.15) is 11.9 Å². The van der Waals surface area contributed by atoms with E-state index in [2.05, 4.69) is 63.3 Å². The van der Waals surface area contributed by atoms with Crippen LogP contribution in [0.3, 0.4) is 0 Å². The van der Waals surface area contributed by atoms with E-state index in [1.54, 1.807) is 0 Å². The van der Waals surface area contributed by atoms with Gasteiger partial charge in [-0.2, -0.15) is 0 Å². The van der Waals surface area contributed by atoms with E-state index in [4.69, 9.17) is 4.74 Å². The molecule has 0 heterocycles. The van der Waals surface area contributed by atoms with Crippen LogP contribution in [0.2, 0.25) is 0 Å². The Balaban J connectivity index is 1.89. The smallest absolute Gasteiger partial charge is 0.119 e. The topological polar surface area (TPSA) is 21.3 Å². The number of hydrogen-bond donors (Lipinski definition) is 1. The Labute approximate surface area is 128 Å². The lowest BCUT2D eigenvalue weighted by molar-refractivity contribution is 0.234. The molecule has 2 rings (SSSR count). The van der Waals surface area contributed by atoms with Gasteiger partial charge in [-0.15, -0.1) is 0 Å². The molecule has 2 aromatic carbocycles. The molecule has 0 radical (unpaired) electrons. The van der Waals surface area contributed by atoms with E-state index < -0.39 is 0 Å².